The van der Waals surface area contributed by atoms with Gasteiger partial charge in [0.1, 0.15) is 6.54 Å². The topological polar surface area (TPSA) is 139 Å². The molecule has 0 saturated carbocycles. The third kappa shape index (κ3) is 4.50. The zero-order valence-electron chi connectivity index (χ0n) is 19.3. The van der Waals surface area contributed by atoms with Crippen molar-refractivity contribution >= 4 is 35.1 Å². The lowest BCUT2D eigenvalue weighted by Crippen LogP contribution is -2.43. The van der Waals surface area contributed by atoms with Crippen LogP contribution in [-0.2, 0) is 19.1 Å². The van der Waals surface area contributed by atoms with Crippen LogP contribution in [0.3, 0.4) is 0 Å². The minimum Gasteiger partial charge on any atom is -0.493 e. The number of methoxy groups -OCH3 is 2. The van der Waals surface area contributed by atoms with Gasteiger partial charge in [0.25, 0.3) is 11.8 Å². The Kier molecular flexibility index (Phi) is 6.62. The van der Waals surface area contributed by atoms with Crippen LogP contribution >= 0.6 is 0 Å². The fourth-order valence-corrected chi connectivity index (χ4v) is 3.82. The molecule has 1 N–H and O–H groups in total. The molecule has 4 rings (SSSR count). The van der Waals surface area contributed by atoms with E-state index in [0.29, 0.717) is 28.4 Å². The first-order chi connectivity index (χ1) is 16.9. The fraction of sp³-hybridized carbons (Fsp3) is 0.304. The van der Waals surface area contributed by atoms with Gasteiger partial charge in [0.05, 0.1) is 32.1 Å². The van der Waals surface area contributed by atoms with E-state index in [4.69, 9.17) is 14.2 Å². The minimum absolute atomic E-state index is 0.258. The maximum atomic E-state index is 13.2. The predicted octanol–water partition coefficient (Wildman–Crippen LogP) is 1.81. The number of amides is 3. The summed E-state index contributed by atoms with van der Waals surface area (Å²) in [4.78, 5) is 51.4. The highest BCUT2D eigenvalue weighted by Crippen LogP contribution is 2.36. The van der Waals surface area contributed by atoms with E-state index in [1.165, 1.54) is 37.4 Å². The minimum atomic E-state index is -1.05. The van der Waals surface area contributed by atoms with Gasteiger partial charge < -0.3 is 19.5 Å². The Hall–Kier alpha value is -4.48. The van der Waals surface area contributed by atoms with Gasteiger partial charge in [0, 0.05) is 11.8 Å². The first-order valence-electron chi connectivity index (χ1n) is 10.7. The molecule has 0 unspecified atom stereocenters. The van der Waals surface area contributed by atoms with Crippen molar-refractivity contribution in [3.05, 3.63) is 48.0 Å². The number of esters is 1. The Labute approximate surface area is 200 Å². The maximum Gasteiger partial charge on any atom is 0.338 e. The van der Waals surface area contributed by atoms with Crippen molar-refractivity contribution in [3.63, 3.8) is 0 Å². The molecule has 0 aliphatic carbocycles. The van der Waals surface area contributed by atoms with Gasteiger partial charge in [-0.05, 0) is 43.3 Å². The van der Waals surface area contributed by atoms with Crippen LogP contribution in [0.5, 0.6) is 11.5 Å². The summed E-state index contributed by atoms with van der Waals surface area (Å²) < 4.78 is 15.4. The average molecular weight is 481 g/mol. The summed E-state index contributed by atoms with van der Waals surface area (Å²) in [6.45, 7) is 1.67. The van der Waals surface area contributed by atoms with Crippen molar-refractivity contribution in [2.24, 2.45) is 10.3 Å². The Balaban J connectivity index is 1.44. The van der Waals surface area contributed by atoms with Gasteiger partial charge in [-0.15, -0.1) is 0 Å². The number of benzene rings is 2. The van der Waals surface area contributed by atoms with E-state index in [1.807, 2.05) is 0 Å². The molecule has 0 aromatic heterocycles. The second kappa shape index (κ2) is 9.79. The van der Waals surface area contributed by atoms with Gasteiger partial charge in [0.2, 0.25) is 5.91 Å². The van der Waals surface area contributed by atoms with Crippen LogP contribution in [0.25, 0.3) is 0 Å². The number of nitrogens with zero attached hydrogens (tertiary/aromatic N) is 4. The summed E-state index contributed by atoms with van der Waals surface area (Å²) in [7, 11) is 2.93. The molecule has 1 saturated heterocycles. The van der Waals surface area contributed by atoms with E-state index in [-0.39, 0.29) is 13.2 Å². The molecule has 3 amide bonds. The highest BCUT2D eigenvalue weighted by atomic mass is 16.5. The van der Waals surface area contributed by atoms with Gasteiger partial charge in [-0.1, -0.05) is 5.22 Å². The fourth-order valence-electron chi connectivity index (χ4n) is 3.82. The molecule has 2 atom stereocenters. The summed E-state index contributed by atoms with van der Waals surface area (Å²) in [6.07, 6.45) is 0. The monoisotopic (exact) mass is 481 g/mol. The summed E-state index contributed by atoms with van der Waals surface area (Å²) in [5, 5.41) is 11.7. The van der Waals surface area contributed by atoms with Crippen LogP contribution in [0.2, 0.25) is 0 Å². The Morgan fingerprint density at radius 1 is 1.00 bits per heavy atom. The average Bonchev–Trinajstić information content (AvgIpc) is 3.38. The lowest BCUT2D eigenvalue weighted by molar-refractivity contribution is -0.123. The number of carbonyl (C=O) groups is 4. The molecule has 2 aliphatic heterocycles. The number of nitrogens with one attached hydrogen (secondary N) is 1. The molecule has 0 spiro atoms. The maximum absolute atomic E-state index is 13.2. The molecule has 1 fully saturated rings. The summed E-state index contributed by atoms with van der Waals surface area (Å²) in [6, 6.07) is 8.75. The number of ether oxygens (including phenoxy) is 3. The molecule has 2 heterocycles. The Bertz CT molecular complexity index is 1200. The summed E-state index contributed by atoms with van der Waals surface area (Å²) in [5.74, 6) is -1.23. The number of carbonyl (C=O) groups excluding carboxylic acids is 4. The molecule has 12 nitrogen and oxygen atoms in total. The van der Waals surface area contributed by atoms with E-state index < -0.39 is 35.8 Å². The third-order valence-corrected chi connectivity index (χ3v) is 5.47. The molecular weight excluding hydrogens is 458 g/mol. The number of hydrogen-bond acceptors (Lipinski definition) is 10. The van der Waals surface area contributed by atoms with Crippen molar-refractivity contribution in [2.45, 2.75) is 19.0 Å². The SMILES string of the molecule is CCOC(=O)c1ccc(NC(=O)CN2N=N[C@@H]3C(=O)N(c4ccc(OC)c(OC)c4)C(=O)[C@H]32)cc1. The zero-order chi connectivity index (χ0) is 25.1. The van der Waals surface area contributed by atoms with Crippen LogP contribution in [0.15, 0.2) is 52.8 Å². The number of rotatable bonds is 8. The van der Waals surface area contributed by atoms with E-state index in [1.54, 1.807) is 31.2 Å². The molecule has 35 heavy (non-hydrogen) atoms. The van der Waals surface area contributed by atoms with Gasteiger partial charge in [-0.25, -0.2) is 9.69 Å². The van der Waals surface area contributed by atoms with Crippen molar-refractivity contribution < 1.29 is 33.4 Å². The van der Waals surface area contributed by atoms with Crippen molar-refractivity contribution in [2.75, 3.05) is 37.6 Å². The number of imide groups is 1. The van der Waals surface area contributed by atoms with Crippen molar-refractivity contribution in [1.82, 2.24) is 5.01 Å². The second-order valence-corrected chi connectivity index (χ2v) is 7.59. The largest absolute Gasteiger partial charge is 0.493 e. The van der Waals surface area contributed by atoms with E-state index >= 15 is 0 Å². The van der Waals surface area contributed by atoms with Gasteiger partial charge in [-0.3, -0.25) is 19.4 Å². The third-order valence-electron chi connectivity index (χ3n) is 5.47. The standard InChI is InChI=1S/C23H23N5O7/c1-4-35-23(32)13-5-7-14(8-6-13)24-18(29)12-27-20-19(25-26-27)21(30)28(22(20)31)15-9-10-16(33-2)17(11-15)34-3/h5-11,19-20H,4,12H2,1-3H3,(H,24,29)/t19-,20-/m0/s1. The zero-order valence-corrected chi connectivity index (χ0v) is 19.3. The molecule has 2 aliphatic rings. The highest BCUT2D eigenvalue weighted by molar-refractivity contribution is 6.25. The number of hydrogen-bond donors (Lipinski definition) is 1. The number of anilines is 2. The van der Waals surface area contributed by atoms with E-state index in [0.717, 1.165) is 4.90 Å². The van der Waals surface area contributed by atoms with Gasteiger partial charge in [-0.2, -0.15) is 5.11 Å². The summed E-state index contributed by atoms with van der Waals surface area (Å²) >= 11 is 0. The first-order valence-corrected chi connectivity index (χ1v) is 10.7. The van der Waals surface area contributed by atoms with Crippen LogP contribution in [-0.4, -0.2) is 68.2 Å². The van der Waals surface area contributed by atoms with Crippen molar-refractivity contribution in [3.8, 4) is 11.5 Å². The highest BCUT2D eigenvalue weighted by Gasteiger charge is 2.55. The quantitative estimate of drug-likeness (QED) is 0.445. The predicted molar refractivity (Wildman–Crippen MR) is 122 cm³/mol. The lowest BCUT2D eigenvalue weighted by atomic mass is 10.1. The Morgan fingerprint density at radius 3 is 2.37 bits per heavy atom. The Morgan fingerprint density at radius 2 is 1.71 bits per heavy atom. The van der Waals surface area contributed by atoms with Crippen molar-refractivity contribution in [1.29, 1.82) is 0 Å². The smallest absolute Gasteiger partial charge is 0.338 e. The molecule has 0 radical (unpaired) electrons. The van der Waals surface area contributed by atoms with Crippen LogP contribution in [0.1, 0.15) is 17.3 Å². The molecule has 182 valence electrons. The van der Waals surface area contributed by atoms with Crippen LogP contribution < -0.4 is 19.7 Å². The molecular formula is C23H23N5O7. The van der Waals surface area contributed by atoms with Gasteiger partial charge >= 0.3 is 5.97 Å². The molecule has 2 aromatic carbocycles. The summed E-state index contributed by atoms with van der Waals surface area (Å²) in [5.41, 5.74) is 1.09. The van der Waals surface area contributed by atoms with E-state index in [2.05, 4.69) is 15.7 Å². The van der Waals surface area contributed by atoms with Gasteiger partial charge in [0.15, 0.2) is 23.6 Å². The second-order valence-electron chi connectivity index (χ2n) is 7.59. The molecule has 0 bridgehead atoms. The van der Waals surface area contributed by atoms with Crippen LogP contribution in [0.4, 0.5) is 11.4 Å². The molecule has 2 aromatic rings. The normalized spacial score (nSPS) is 18.5. The lowest BCUT2D eigenvalue weighted by Gasteiger charge is -2.20. The first kappa shape index (κ1) is 23.7. The van der Waals surface area contributed by atoms with E-state index in [9.17, 15) is 19.2 Å². The number of fused-ring (bicyclic) bond motifs is 1. The molecule has 12 heteroatoms. The van der Waals surface area contributed by atoms with Crippen LogP contribution in [0, 0.1) is 0 Å².